The Morgan fingerprint density at radius 2 is 2.00 bits per heavy atom. The molecule has 0 radical (unpaired) electrons. The van der Waals surface area contributed by atoms with Crippen molar-refractivity contribution < 1.29 is 0 Å². The van der Waals surface area contributed by atoms with E-state index in [0.717, 1.165) is 40.9 Å². The summed E-state index contributed by atoms with van der Waals surface area (Å²) in [5.41, 5.74) is 0. The molecule has 2 heterocycles. The Morgan fingerprint density at radius 1 is 1.16 bits per heavy atom. The van der Waals surface area contributed by atoms with E-state index in [2.05, 4.69) is 15.3 Å². The van der Waals surface area contributed by atoms with Crippen LogP contribution in [0.5, 0.6) is 0 Å². The van der Waals surface area contributed by atoms with Gasteiger partial charge in [0.25, 0.3) is 0 Å². The second-order valence-electron chi connectivity index (χ2n) is 5.23. The van der Waals surface area contributed by atoms with Crippen LogP contribution in [0.4, 0.5) is 0 Å². The summed E-state index contributed by atoms with van der Waals surface area (Å²) in [7, 11) is 0. The highest BCUT2D eigenvalue weighted by Crippen LogP contribution is 2.32. The molecule has 0 unspecified atom stereocenters. The molecule has 1 fully saturated rings. The van der Waals surface area contributed by atoms with Crippen LogP contribution in [0.1, 0.15) is 61.7 Å². The van der Waals surface area contributed by atoms with Crippen molar-refractivity contribution in [2.75, 3.05) is 5.88 Å². The Balaban J connectivity index is 1.77. The maximum atomic E-state index is 5.71. The molecule has 0 aromatic carbocycles. The third-order valence-electron chi connectivity index (χ3n) is 3.80. The van der Waals surface area contributed by atoms with E-state index in [4.69, 9.17) is 11.6 Å². The van der Waals surface area contributed by atoms with Crippen LogP contribution in [-0.2, 0) is 6.42 Å². The van der Waals surface area contributed by atoms with Gasteiger partial charge >= 0.3 is 0 Å². The molecule has 0 spiro atoms. The maximum absolute atomic E-state index is 5.71. The van der Waals surface area contributed by atoms with Gasteiger partial charge in [-0.3, -0.25) is 0 Å². The molecular formula is C13H19ClN4S. The minimum atomic E-state index is 0.557. The molecule has 0 saturated heterocycles. The lowest BCUT2D eigenvalue weighted by molar-refractivity contribution is 0.423. The zero-order chi connectivity index (χ0) is 13.1. The van der Waals surface area contributed by atoms with E-state index in [1.807, 2.05) is 4.52 Å². The second-order valence-corrected chi connectivity index (χ2v) is 6.65. The molecule has 0 atom stereocenters. The molecule has 2 aromatic heterocycles. The second kappa shape index (κ2) is 6.18. The van der Waals surface area contributed by atoms with Gasteiger partial charge in [0.1, 0.15) is 5.01 Å². The number of hydrogen-bond acceptors (Lipinski definition) is 4. The molecule has 0 bridgehead atoms. The number of nitrogens with zero attached hydrogens (tertiary/aromatic N) is 4. The SMILES string of the molecule is ClCCCCc1nn2c(C3CCCCC3)nnc2s1. The van der Waals surface area contributed by atoms with Crippen molar-refractivity contribution in [2.24, 2.45) is 0 Å². The van der Waals surface area contributed by atoms with Crippen molar-refractivity contribution >= 4 is 27.9 Å². The van der Waals surface area contributed by atoms with E-state index >= 15 is 0 Å². The van der Waals surface area contributed by atoms with E-state index in [1.54, 1.807) is 11.3 Å². The summed E-state index contributed by atoms with van der Waals surface area (Å²) < 4.78 is 1.98. The third kappa shape index (κ3) is 2.92. The Labute approximate surface area is 122 Å². The van der Waals surface area contributed by atoms with Gasteiger partial charge in [0.15, 0.2) is 5.82 Å². The van der Waals surface area contributed by atoms with Crippen LogP contribution < -0.4 is 0 Å². The topological polar surface area (TPSA) is 43.1 Å². The summed E-state index contributed by atoms with van der Waals surface area (Å²) in [4.78, 5) is 0.946. The minimum absolute atomic E-state index is 0.557. The molecule has 104 valence electrons. The number of unbranched alkanes of at least 4 members (excludes halogenated alkanes) is 1. The summed E-state index contributed by atoms with van der Waals surface area (Å²) >= 11 is 7.38. The van der Waals surface area contributed by atoms with Gasteiger partial charge in [-0.15, -0.1) is 21.8 Å². The van der Waals surface area contributed by atoms with Crippen LogP contribution in [0.2, 0.25) is 0 Å². The van der Waals surface area contributed by atoms with Crippen LogP contribution in [0.25, 0.3) is 4.96 Å². The number of rotatable bonds is 5. The van der Waals surface area contributed by atoms with Crippen molar-refractivity contribution in [3.05, 3.63) is 10.8 Å². The Kier molecular flexibility index (Phi) is 4.33. The molecule has 1 saturated carbocycles. The van der Waals surface area contributed by atoms with Gasteiger partial charge in [0, 0.05) is 18.2 Å². The standard InChI is InChI=1S/C13H19ClN4S/c14-9-5-4-8-11-17-18-12(15-16-13(18)19-11)10-6-2-1-3-7-10/h10H,1-9H2. The molecule has 1 aliphatic carbocycles. The normalized spacial score (nSPS) is 17.3. The highest BCUT2D eigenvalue weighted by Gasteiger charge is 2.22. The lowest BCUT2D eigenvalue weighted by atomic mass is 9.89. The molecule has 6 heteroatoms. The first-order chi connectivity index (χ1) is 9.38. The highest BCUT2D eigenvalue weighted by molar-refractivity contribution is 7.16. The fourth-order valence-corrected chi connectivity index (χ4v) is 3.83. The first-order valence-corrected chi connectivity index (χ1v) is 8.50. The number of alkyl halides is 1. The minimum Gasteiger partial charge on any atom is -0.187 e. The first kappa shape index (κ1) is 13.3. The zero-order valence-corrected chi connectivity index (χ0v) is 12.6. The predicted molar refractivity (Wildman–Crippen MR) is 78.1 cm³/mol. The lowest BCUT2D eigenvalue weighted by Crippen LogP contribution is -2.09. The van der Waals surface area contributed by atoms with Crippen LogP contribution in [-0.4, -0.2) is 25.7 Å². The number of fused-ring (bicyclic) bond motifs is 1. The van der Waals surface area contributed by atoms with Gasteiger partial charge in [-0.1, -0.05) is 30.6 Å². The molecule has 0 aliphatic heterocycles. The fourth-order valence-electron chi connectivity index (χ4n) is 2.76. The maximum Gasteiger partial charge on any atom is 0.234 e. The van der Waals surface area contributed by atoms with E-state index in [-0.39, 0.29) is 0 Å². The van der Waals surface area contributed by atoms with Crippen molar-refractivity contribution in [3.63, 3.8) is 0 Å². The lowest BCUT2D eigenvalue weighted by Gasteiger charge is -2.18. The molecular weight excluding hydrogens is 280 g/mol. The monoisotopic (exact) mass is 298 g/mol. The van der Waals surface area contributed by atoms with Gasteiger partial charge in [0.2, 0.25) is 4.96 Å². The molecule has 4 nitrogen and oxygen atoms in total. The molecule has 2 aromatic rings. The molecule has 0 N–H and O–H groups in total. The van der Waals surface area contributed by atoms with Gasteiger partial charge in [-0.25, -0.2) is 0 Å². The Bertz CT molecular complexity index is 530. The zero-order valence-electron chi connectivity index (χ0n) is 11.0. The average Bonchev–Trinajstić information content (AvgIpc) is 3.00. The predicted octanol–water partition coefficient (Wildman–Crippen LogP) is 3.80. The van der Waals surface area contributed by atoms with Crippen molar-refractivity contribution in [1.82, 2.24) is 19.8 Å². The first-order valence-electron chi connectivity index (χ1n) is 7.15. The van der Waals surface area contributed by atoms with E-state index in [1.165, 1.54) is 32.1 Å². The number of aryl methyl sites for hydroxylation is 1. The summed E-state index contributed by atoms with van der Waals surface area (Å²) in [5, 5.41) is 14.5. The summed E-state index contributed by atoms with van der Waals surface area (Å²) in [6.45, 7) is 0. The van der Waals surface area contributed by atoms with Crippen molar-refractivity contribution in [2.45, 2.75) is 57.3 Å². The van der Waals surface area contributed by atoms with Gasteiger partial charge in [-0.2, -0.15) is 9.61 Å². The van der Waals surface area contributed by atoms with Crippen molar-refractivity contribution in [3.8, 4) is 0 Å². The number of aromatic nitrogens is 4. The van der Waals surface area contributed by atoms with E-state index in [0.29, 0.717) is 5.92 Å². The number of halogens is 1. The van der Waals surface area contributed by atoms with Gasteiger partial charge in [0.05, 0.1) is 0 Å². The number of hydrogen-bond donors (Lipinski definition) is 0. The van der Waals surface area contributed by atoms with Crippen LogP contribution in [0.15, 0.2) is 0 Å². The van der Waals surface area contributed by atoms with Crippen LogP contribution in [0.3, 0.4) is 0 Å². The molecule has 1 aliphatic rings. The van der Waals surface area contributed by atoms with Crippen molar-refractivity contribution in [1.29, 1.82) is 0 Å². The fraction of sp³-hybridized carbons (Fsp3) is 0.769. The summed E-state index contributed by atoms with van der Waals surface area (Å²) in [5.74, 6) is 2.37. The molecule has 0 amide bonds. The van der Waals surface area contributed by atoms with E-state index < -0.39 is 0 Å². The Morgan fingerprint density at radius 3 is 2.79 bits per heavy atom. The third-order valence-corrected chi connectivity index (χ3v) is 5.03. The molecule has 3 rings (SSSR count). The Hall–Kier alpha value is -0.680. The average molecular weight is 299 g/mol. The van der Waals surface area contributed by atoms with Gasteiger partial charge < -0.3 is 0 Å². The quantitative estimate of drug-likeness (QED) is 0.623. The van der Waals surface area contributed by atoms with E-state index in [9.17, 15) is 0 Å². The van der Waals surface area contributed by atoms with Crippen LogP contribution in [0, 0.1) is 0 Å². The van der Waals surface area contributed by atoms with Crippen LogP contribution >= 0.6 is 22.9 Å². The summed E-state index contributed by atoms with van der Waals surface area (Å²) in [6, 6.07) is 0. The largest absolute Gasteiger partial charge is 0.234 e. The molecule has 19 heavy (non-hydrogen) atoms. The van der Waals surface area contributed by atoms with Gasteiger partial charge in [-0.05, 0) is 25.7 Å². The highest BCUT2D eigenvalue weighted by atomic mass is 35.5. The smallest absolute Gasteiger partial charge is 0.187 e. The summed E-state index contributed by atoms with van der Waals surface area (Å²) in [6.07, 6.45) is 9.62.